The standard InChI is InChI=1S/C15H12Br2N2O/c16-11-5-10(6-12(17)8-11)15(19-18)14-7-9-3-1-2-4-13(9)20-14/h1-8,15,19H,18H2. The molecule has 3 nitrogen and oxygen atoms in total. The highest BCUT2D eigenvalue weighted by atomic mass is 79.9. The second kappa shape index (κ2) is 5.69. The largest absolute Gasteiger partial charge is 0.459 e. The SMILES string of the molecule is NNC(c1cc(Br)cc(Br)c1)c1cc2ccccc2o1. The van der Waals surface area contributed by atoms with Crippen LogP contribution in [0, 0.1) is 0 Å². The summed E-state index contributed by atoms with van der Waals surface area (Å²) in [6, 6.07) is 15.7. The monoisotopic (exact) mass is 394 g/mol. The summed E-state index contributed by atoms with van der Waals surface area (Å²) < 4.78 is 7.85. The molecule has 0 spiro atoms. The molecule has 0 radical (unpaired) electrons. The molecule has 0 saturated carbocycles. The first-order valence-electron chi connectivity index (χ1n) is 6.08. The molecular weight excluding hydrogens is 384 g/mol. The summed E-state index contributed by atoms with van der Waals surface area (Å²) in [6.07, 6.45) is 0. The van der Waals surface area contributed by atoms with Crippen LogP contribution >= 0.6 is 31.9 Å². The summed E-state index contributed by atoms with van der Waals surface area (Å²) in [5.41, 5.74) is 4.69. The molecule has 0 saturated heterocycles. The number of hydrogen-bond acceptors (Lipinski definition) is 3. The van der Waals surface area contributed by atoms with E-state index < -0.39 is 0 Å². The van der Waals surface area contributed by atoms with Gasteiger partial charge in [-0.15, -0.1) is 0 Å². The Labute approximate surface area is 133 Å². The Morgan fingerprint density at radius 1 is 1.00 bits per heavy atom. The van der Waals surface area contributed by atoms with Gasteiger partial charge in [0.25, 0.3) is 0 Å². The van der Waals surface area contributed by atoms with E-state index in [4.69, 9.17) is 10.3 Å². The van der Waals surface area contributed by atoms with E-state index in [1.54, 1.807) is 0 Å². The van der Waals surface area contributed by atoms with E-state index in [9.17, 15) is 0 Å². The lowest BCUT2D eigenvalue weighted by Gasteiger charge is -2.14. The zero-order chi connectivity index (χ0) is 14.1. The molecule has 1 aromatic heterocycles. The molecule has 3 rings (SSSR count). The normalized spacial score (nSPS) is 12.8. The molecule has 2 aromatic carbocycles. The zero-order valence-corrected chi connectivity index (χ0v) is 13.6. The minimum absolute atomic E-state index is 0.198. The molecule has 20 heavy (non-hydrogen) atoms. The third-order valence-corrected chi connectivity index (χ3v) is 4.03. The lowest BCUT2D eigenvalue weighted by Crippen LogP contribution is -2.28. The zero-order valence-electron chi connectivity index (χ0n) is 10.4. The van der Waals surface area contributed by atoms with E-state index in [0.717, 1.165) is 31.2 Å². The number of benzene rings is 2. The Bertz CT molecular complexity index is 701. The van der Waals surface area contributed by atoms with Crippen LogP contribution in [0.25, 0.3) is 11.0 Å². The van der Waals surface area contributed by atoms with Gasteiger partial charge in [-0.05, 0) is 35.9 Å². The first-order valence-corrected chi connectivity index (χ1v) is 7.66. The molecule has 0 aliphatic heterocycles. The number of para-hydroxylation sites is 1. The highest BCUT2D eigenvalue weighted by molar-refractivity contribution is 9.11. The molecule has 0 amide bonds. The second-order valence-electron chi connectivity index (χ2n) is 4.49. The van der Waals surface area contributed by atoms with Crippen molar-refractivity contribution in [2.45, 2.75) is 6.04 Å². The number of nitrogens with one attached hydrogen (secondary N) is 1. The minimum Gasteiger partial charge on any atom is -0.459 e. The van der Waals surface area contributed by atoms with Crippen LogP contribution in [0.15, 0.2) is 61.9 Å². The third kappa shape index (κ3) is 2.67. The molecule has 102 valence electrons. The van der Waals surface area contributed by atoms with Crippen molar-refractivity contribution in [3.05, 3.63) is 68.8 Å². The molecule has 3 N–H and O–H groups in total. The molecule has 3 aromatic rings. The quantitative estimate of drug-likeness (QED) is 0.506. The van der Waals surface area contributed by atoms with Crippen molar-refractivity contribution in [1.29, 1.82) is 0 Å². The van der Waals surface area contributed by atoms with Crippen LogP contribution in [0.4, 0.5) is 0 Å². The average molecular weight is 396 g/mol. The number of hydrazine groups is 1. The van der Waals surface area contributed by atoms with Crippen LogP contribution < -0.4 is 11.3 Å². The van der Waals surface area contributed by atoms with Gasteiger partial charge in [-0.2, -0.15) is 0 Å². The Balaban J connectivity index is 2.08. The van der Waals surface area contributed by atoms with Gasteiger partial charge >= 0.3 is 0 Å². The second-order valence-corrected chi connectivity index (χ2v) is 6.32. The van der Waals surface area contributed by atoms with Crippen molar-refractivity contribution in [1.82, 2.24) is 5.43 Å². The fraction of sp³-hybridized carbons (Fsp3) is 0.0667. The highest BCUT2D eigenvalue weighted by Crippen LogP contribution is 2.31. The predicted octanol–water partition coefficient (Wildman–Crippen LogP) is 4.51. The summed E-state index contributed by atoms with van der Waals surface area (Å²) in [7, 11) is 0. The summed E-state index contributed by atoms with van der Waals surface area (Å²) in [5, 5.41) is 1.07. The van der Waals surface area contributed by atoms with Crippen LogP contribution in [0.5, 0.6) is 0 Å². The smallest absolute Gasteiger partial charge is 0.134 e. The average Bonchev–Trinajstić information content (AvgIpc) is 2.81. The minimum atomic E-state index is -0.198. The molecule has 0 bridgehead atoms. The van der Waals surface area contributed by atoms with E-state index in [-0.39, 0.29) is 6.04 Å². The Morgan fingerprint density at radius 2 is 1.70 bits per heavy atom. The molecule has 1 atom stereocenters. The van der Waals surface area contributed by atoms with Crippen molar-refractivity contribution >= 4 is 42.8 Å². The number of rotatable bonds is 3. The molecule has 0 aliphatic carbocycles. The molecule has 5 heteroatoms. The molecule has 1 unspecified atom stereocenters. The van der Waals surface area contributed by atoms with Crippen molar-refractivity contribution in [3.63, 3.8) is 0 Å². The first-order chi connectivity index (χ1) is 9.67. The van der Waals surface area contributed by atoms with E-state index in [1.807, 2.05) is 48.5 Å². The summed E-state index contributed by atoms with van der Waals surface area (Å²) in [5.74, 6) is 6.51. The van der Waals surface area contributed by atoms with Crippen LogP contribution in [0.1, 0.15) is 17.4 Å². The molecule has 0 aliphatic rings. The maximum atomic E-state index is 5.88. The van der Waals surface area contributed by atoms with Gasteiger partial charge in [0.15, 0.2) is 0 Å². The fourth-order valence-corrected chi connectivity index (χ4v) is 3.56. The van der Waals surface area contributed by atoms with Crippen LogP contribution in [0.3, 0.4) is 0 Å². The van der Waals surface area contributed by atoms with Crippen molar-refractivity contribution in [2.24, 2.45) is 5.84 Å². The van der Waals surface area contributed by atoms with Crippen molar-refractivity contribution in [2.75, 3.05) is 0 Å². The van der Waals surface area contributed by atoms with Crippen LogP contribution in [-0.4, -0.2) is 0 Å². The van der Waals surface area contributed by atoms with Gasteiger partial charge in [0.2, 0.25) is 0 Å². The van der Waals surface area contributed by atoms with Gasteiger partial charge < -0.3 is 4.42 Å². The number of furan rings is 1. The van der Waals surface area contributed by atoms with E-state index in [2.05, 4.69) is 37.3 Å². The van der Waals surface area contributed by atoms with E-state index in [0.29, 0.717) is 0 Å². The molecule has 1 heterocycles. The predicted molar refractivity (Wildman–Crippen MR) is 87.2 cm³/mol. The van der Waals surface area contributed by atoms with Gasteiger partial charge in [0.1, 0.15) is 17.4 Å². The van der Waals surface area contributed by atoms with Gasteiger partial charge in [-0.25, -0.2) is 5.43 Å². The van der Waals surface area contributed by atoms with Crippen LogP contribution in [0.2, 0.25) is 0 Å². The van der Waals surface area contributed by atoms with Gasteiger partial charge in [0, 0.05) is 14.3 Å². The number of halogens is 2. The molecular formula is C15H12Br2N2O. The van der Waals surface area contributed by atoms with Crippen LogP contribution in [-0.2, 0) is 0 Å². The molecule has 0 fully saturated rings. The topological polar surface area (TPSA) is 51.2 Å². The number of fused-ring (bicyclic) bond motifs is 1. The summed E-state index contributed by atoms with van der Waals surface area (Å²) >= 11 is 6.98. The van der Waals surface area contributed by atoms with Gasteiger partial charge in [-0.3, -0.25) is 5.84 Å². The third-order valence-electron chi connectivity index (χ3n) is 3.11. The van der Waals surface area contributed by atoms with E-state index in [1.165, 1.54) is 0 Å². The number of hydrogen-bond donors (Lipinski definition) is 2. The lowest BCUT2D eigenvalue weighted by atomic mass is 10.1. The van der Waals surface area contributed by atoms with Gasteiger partial charge in [-0.1, -0.05) is 50.1 Å². The van der Waals surface area contributed by atoms with E-state index >= 15 is 0 Å². The first kappa shape index (κ1) is 13.8. The Kier molecular flexibility index (Phi) is 3.94. The fourth-order valence-electron chi connectivity index (χ4n) is 2.23. The maximum absolute atomic E-state index is 5.88. The highest BCUT2D eigenvalue weighted by Gasteiger charge is 2.18. The van der Waals surface area contributed by atoms with Gasteiger partial charge in [0.05, 0.1) is 0 Å². The summed E-state index contributed by atoms with van der Waals surface area (Å²) in [4.78, 5) is 0. The Hall–Kier alpha value is -1.14. The lowest BCUT2D eigenvalue weighted by molar-refractivity contribution is 0.477. The number of nitrogens with two attached hydrogens (primary N) is 1. The summed E-state index contributed by atoms with van der Waals surface area (Å²) in [6.45, 7) is 0. The Morgan fingerprint density at radius 3 is 2.35 bits per heavy atom. The maximum Gasteiger partial charge on any atom is 0.134 e. The van der Waals surface area contributed by atoms with Crippen molar-refractivity contribution < 1.29 is 4.42 Å². The van der Waals surface area contributed by atoms with Crippen molar-refractivity contribution in [3.8, 4) is 0 Å².